The third-order valence-corrected chi connectivity index (χ3v) is 5.66. The Kier molecular flexibility index (Phi) is 6.66. The number of carbonyl (C=O) groups excluding carboxylic acids is 1. The second-order valence-corrected chi connectivity index (χ2v) is 8.84. The summed E-state index contributed by atoms with van der Waals surface area (Å²) in [6.45, 7) is 10.7. The Morgan fingerprint density at radius 3 is 2.31 bits per heavy atom. The molecule has 8 nitrogen and oxygen atoms in total. The van der Waals surface area contributed by atoms with Gasteiger partial charge in [-0.05, 0) is 17.5 Å². The van der Waals surface area contributed by atoms with E-state index in [1.54, 1.807) is 11.0 Å². The van der Waals surface area contributed by atoms with Gasteiger partial charge in [0.05, 0.1) is 13.1 Å². The topological polar surface area (TPSA) is 86.5 Å². The second kappa shape index (κ2) is 9.02. The number of nitrogens with zero attached hydrogens (tertiary/aromatic N) is 5. The highest BCUT2D eigenvalue weighted by atomic mass is 16.3. The van der Waals surface area contributed by atoms with E-state index < -0.39 is 5.60 Å². The molecule has 0 aliphatic carbocycles. The quantitative estimate of drug-likeness (QED) is 0.729. The summed E-state index contributed by atoms with van der Waals surface area (Å²) in [5.41, 5.74) is -0.432. The van der Waals surface area contributed by atoms with Gasteiger partial charge in [0, 0.05) is 38.4 Å². The standard InChI is InChI=1S/C21H32N6O2/c1-20(2,3)21(29,15-27-17-22-16-23-27)14-26-11-9-25(10-12-26)13-19(28)24-18-7-5-4-6-8-18/h4-8,16-17,29H,9-15H2,1-3H3,(H,24,28). The zero-order valence-corrected chi connectivity index (χ0v) is 17.6. The van der Waals surface area contributed by atoms with Crippen LogP contribution in [0.15, 0.2) is 43.0 Å². The third kappa shape index (κ3) is 5.85. The van der Waals surface area contributed by atoms with E-state index in [-0.39, 0.29) is 11.3 Å². The average molecular weight is 401 g/mol. The van der Waals surface area contributed by atoms with Gasteiger partial charge in [-0.25, -0.2) is 4.98 Å². The summed E-state index contributed by atoms with van der Waals surface area (Å²) in [5, 5.41) is 18.5. The number of aliphatic hydroxyl groups is 1. The minimum atomic E-state index is -0.937. The number of nitrogens with one attached hydrogen (secondary N) is 1. The smallest absolute Gasteiger partial charge is 0.238 e. The number of aromatic nitrogens is 3. The van der Waals surface area contributed by atoms with Crippen LogP contribution in [0.2, 0.25) is 0 Å². The lowest BCUT2D eigenvalue weighted by molar-refractivity contribution is -0.118. The first-order valence-electron chi connectivity index (χ1n) is 10.1. The number of para-hydroxylation sites is 1. The van der Waals surface area contributed by atoms with Crippen molar-refractivity contribution in [3.8, 4) is 0 Å². The maximum absolute atomic E-state index is 12.3. The van der Waals surface area contributed by atoms with Crippen LogP contribution in [0.5, 0.6) is 0 Å². The molecule has 1 aromatic heterocycles. The molecule has 1 fully saturated rings. The van der Waals surface area contributed by atoms with E-state index in [9.17, 15) is 9.90 Å². The van der Waals surface area contributed by atoms with Crippen molar-refractivity contribution in [3.05, 3.63) is 43.0 Å². The van der Waals surface area contributed by atoms with Gasteiger partial charge in [-0.2, -0.15) is 5.10 Å². The zero-order valence-electron chi connectivity index (χ0n) is 17.6. The molecule has 0 radical (unpaired) electrons. The SMILES string of the molecule is CC(C)(C)C(O)(CN1CCN(CC(=O)Nc2ccccc2)CC1)Cn1cncn1. The monoisotopic (exact) mass is 400 g/mol. The summed E-state index contributed by atoms with van der Waals surface area (Å²) in [5.74, 6) is 0.00188. The number of piperazine rings is 1. The van der Waals surface area contributed by atoms with Crippen molar-refractivity contribution < 1.29 is 9.90 Å². The van der Waals surface area contributed by atoms with Gasteiger partial charge in [0.1, 0.15) is 18.3 Å². The van der Waals surface area contributed by atoms with Gasteiger partial charge < -0.3 is 10.4 Å². The number of amides is 1. The first kappa shape index (κ1) is 21.4. The Balaban J connectivity index is 1.50. The highest BCUT2D eigenvalue weighted by molar-refractivity contribution is 5.92. The molecule has 1 saturated heterocycles. The molecule has 8 heteroatoms. The van der Waals surface area contributed by atoms with Crippen LogP contribution < -0.4 is 5.32 Å². The summed E-state index contributed by atoms with van der Waals surface area (Å²) in [6, 6.07) is 9.52. The first-order valence-corrected chi connectivity index (χ1v) is 10.1. The Morgan fingerprint density at radius 2 is 1.72 bits per heavy atom. The average Bonchev–Trinajstić information content (AvgIpc) is 3.16. The molecule has 1 atom stereocenters. The van der Waals surface area contributed by atoms with Crippen molar-refractivity contribution in [2.45, 2.75) is 32.9 Å². The number of hydrogen-bond donors (Lipinski definition) is 2. The summed E-state index contributed by atoms with van der Waals surface area (Å²) in [6.07, 6.45) is 3.13. The maximum Gasteiger partial charge on any atom is 0.238 e. The molecule has 29 heavy (non-hydrogen) atoms. The molecule has 2 aromatic rings. The number of carbonyl (C=O) groups is 1. The van der Waals surface area contributed by atoms with E-state index in [4.69, 9.17) is 0 Å². The minimum absolute atomic E-state index is 0.00188. The Labute approximate surface area is 172 Å². The van der Waals surface area contributed by atoms with Crippen LogP contribution in [0, 0.1) is 5.41 Å². The van der Waals surface area contributed by atoms with Crippen molar-refractivity contribution in [1.29, 1.82) is 0 Å². The van der Waals surface area contributed by atoms with E-state index in [2.05, 4.69) is 25.2 Å². The van der Waals surface area contributed by atoms with Gasteiger partial charge in [0.25, 0.3) is 0 Å². The lowest BCUT2D eigenvalue weighted by Crippen LogP contribution is -2.58. The van der Waals surface area contributed by atoms with Crippen LogP contribution >= 0.6 is 0 Å². The van der Waals surface area contributed by atoms with E-state index in [1.165, 1.54) is 6.33 Å². The fraction of sp³-hybridized carbons (Fsp3) is 0.571. The molecule has 1 aliphatic heterocycles. The molecule has 158 valence electrons. The van der Waals surface area contributed by atoms with Crippen LogP contribution in [-0.4, -0.2) is 80.4 Å². The molecule has 2 heterocycles. The molecule has 2 N–H and O–H groups in total. The summed E-state index contributed by atoms with van der Waals surface area (Å²) >= 11 is 0. The molecule has 1 aromatic carbocycles. The predicted octanol–water partition coefficient (Wildman–Crippen LogP) is 1.31. The number of anilines is 1. The predicted molar refractivity (Wildman–Crippen MR) is 112 cm³/mol. The molecule has 0 bridgehead atoms. The van der Waals surface area contributed by atoms with Crippen LogP contribution in [0.25, 0.3) is 0 Å². The fourth-order valence-electron chi connectivity index (χ4n) is 3.51. The minimum Gasteiger partial charge on any atom is -0.386 e. The van der Waals surface area contributed by atoms with Gasteiger partial charge in [0.15, 0.2) is 0 Å². The van der Waals surface area contributed by atoms with Crippen LogP contribution in [-0.2, 0) is 11.3 Å². The van der Waals surface area contributed by atoms with Crippen molar-refractivity contribution in [3.63, 3.8) is 0 Å². The molecule has 1 amide bonds. The van der Waals surface area contributed by atoms with Crippen LogP contribution in [0.4, 0.5) is 5.69 Å². The molecular weight excluding hydrogens is 368 g/mol. The van der Waals surface area contributed by atoms with Crippen molar-refractivity contribution >= 4 is 11.6 Å². The van der Waals surface area contributed by atoms with Crippen molar-refractivity contribution in [1.82, 2.24) is 24.6 Å². The van der Waals surface area contributed by atoms with Gasteiger partial charge in [-0.15, -0.1) is 0 Å². The van der Waals surface area contributed by atoms with Gasteiger partial charge in [-0.3, -0.25) is 19.3 Å². The van der Waals surface area contributed by atoms with Crippen LogP contribution in [0.3, 0.4) is 0 Å². The van der Waals surface area contributed by atoms with E-state index in [1.807, 2.05) is 51.1 Å². The fourth-order valence-corrected chi connectivity index (χ4v) is 3.51. The summed E-state index contributed by atoms with van der Waals surface area (Å²) in [7, 11) is 0. The summed E-state index contributed by atoms with van der Waals surface area (Å²) in [4.78, 5) is 20.7. The number of hydrogen-bond acceptors (Lipinski definition) is 6. The third-order valence-electron chi connectivity index (χ3n) is 5.66. The van der Waals surface area contributed by atoms with E-state index in [0.29, 0.717) is 19.6 Å². The van der Waals surface area contributed by atoms with Crippen molar-refractivity contribution in [2.75, 3.05) is 44.6 Å². The van der Waals surface area contributed by atoms with Gasteiger partial charge >= 0.3 is 0 Å². The van der Waals surface area contributed by atoms with Gasteiger partial charge in [0.2, 0.25) is 5.91 Å². The lowest BCUT2D eigenvalue weighted by atomic mass is 9.76. The highest BCUT2D eigenvalue weighted by Gasteiger charge is 2.42. The lowest BCUT2D eigenvalue weighted by Gasteiger charge is -2.45. The number of rotatable bonds is 7. The highest BCUT2D eigenvalue weighted by Crippen LogP contribution is 2.33. The van der Waals surface area contributed by atoms with Crippen molar-refractivity contribution in [2.24, 2.45) is 5.41 Å². The molecule has 3 rings (SSSR count). The van der Waals surface area contributed by atoms with E-state index >= 15 is 0 Å². The molecule has 1 unspecified atom stereocenters. The largest absolute Gasteiger partial charge is 0.386 e. The molecule has 0 saturated carbocycles. The Bertz CT molecular complexity index is 766. The second-order valence-electron chi connectivity index (χ2n) is 8.84. The first-order chi connectivity index (χ1) is 13.7. The Morgan fingerprint density at radius 1 is 1.07 bits per heavy atom. The normalized spacial score (nSPS) is 18.3. The van der Waals surface area contributed by atoms with Crippen LogP contribution in [0.1, 0.15) is 20.8 Å². The maximum atomic E-state index is 12.3. The zero-order chi connectivity index (χ0) is 20.9. The molecule has 1 aliphatic rings. The van der Waals surface area contributed by atoms with Gasteiger partial charge in [-0.1, -0.05) is 39.0 Å². The Hall–Kier alpha value is -2.29. The summed E-state index contributed by atoms with van der Waals surface area (Å²) < 4.78 is 1.69. The van der Waals surface area contributed by atoms with E-state index in [0.717, 1.165) is 31.9 Å². The molecular formula is C21H32N6O2. The molecule has 0 spiro atoms. The number of β-amino-alcohol motifs (C(OH)–C–C–N with tert-alkyl or cyclic N) is 1. The number of benzene rings is 1.